The molecule has 3 aromatic heterocycles. The van der Waals surface area contributed by atoms with Crippen LogP contribution in [0.15, 0.2) is 304 Å². The molecule has 0 aliphatic carbocycles. The molecule has 81 heavy (non-hydrogen) atoms. The standard InChI is InChI=1S/C76H48N2O3/c1-5-21-49(22-6-1)53-29-15-31-55(45-53)77(67-41-19-39-64-62-37-17-35-58(73(62)80-75(64)67)51-25-9-3-10-26-51)57-43-44-70-66(47-57)72-61-34-14-13-33-60(61)69(48-71(72)79-70)78(56-32-16-30-54(46-56)50-23-7-2-8-24-50)68-42-20-40-65-63-38-18-36-59(74(63)81-76(65)68)52-27-11-4-12-28-52/h1-48H. The molecule has 0 amide bonds. The molecule has 0 N–H and O–H groups in total. The highest BCUT2D eigenvalue weighted by molar-refractivity contribution is 6.24. The van der Waals surface area contributed by atoms with Gasteiger partial charge in [-0.25, -0.2) is 0 Å². The summed E-state index contributed by atoms with van der Waals surface area (Å²) in [5.74, 6) is 0. The fourth-order valence-corrected chi connectivity index (χ4v) is 12.3. The Morgan fingerprint density at radius 1 is 0.210 bits per heavy atom. The van der Waals surface area contributed by atoms with Gasteiger partial charge in [-0.15, -0.1) is 0 Å². The number of rotatable bonds is 10. The van der Waals surface area contributed by atoms with Gasteiger partial charge in [-0.1, -0.05) is 231 Å². The molecule has 16 aromatic rings. The average molecular weight is 1040 g/mol. The molecular weight excluding hydrogens is 989 g/mol. The Labute approximate surface area is 467 Å². The van der Waals surface area contributed by atoms with Gasteiger partial charge in [0.1, 0.15) is 22.3 Å². The van der Waals surface area contributed by atoms with E-state index in [-0.39, 0.29) is 0 Å². The van der Waals surface area contributed by atoms with E-state index in [9.17, 15) is 0 Å². The quantitative estimate of drug-likeness (QED) is 0.137. The maximum atomic E-state index is 7.19. The Kier molecular flexibility index (Phi) is 10.8. The molecule has 0 saturated heterocycles. The van der Waals surface area contributed by atoms with Gasteiger partial charge in [0, 0.05) is 72.0 Å². The Balaban J connectivity index is 0.922. The van der Waals surface area contributed by atoms with E-state index in [0.29, 0.717) is 0 Å². The third kappa shape index (κ3) is 7.70. The first-order chi connectivity index (χ1) is 40.2. The highest BCUT2D eigenvalue weighted by Gasteiger charge is 2.27. The second kappa shape index (κ2) is 18.9. The lowest BCUT2D eigenvalue weighted by Gasteiger charge is -2.27. The topological polar surface area (TPSA) is 45.9 Å². The number of hydrogen-bond acceptors (Lipinski definition) is 5. The Hall–Kier alpha value is -10.9. The van der Waals surface area contributed by atoms with Crippen molar-refractivity contribution in [3.63, 3.8) is 0 Å². The molecule has 0 radical (unpaired) electrons. The van der Waals surface area contributed by atoms with Gasteiger partial charge in [0.2, 0.25) is 0 Å². The Bertz CT molecular complexity index is 5060. The number of benzene rings is 13. The maximum Gasteiger partial charge on any atom is 0.159 e. The fourth-order valence-electron chi connectivity index (χ4n) is 12.3. The van der Waals surface area contributed by atoms with Crippen molar-refractivity contribution in [3.8, 4) is 44.5 Å². The summed E-state index contributed by atoms with van der Waals surface area (Å²) in [5.41, 5.74) is 19.4. The normalized spacial score (nSPS) is 11.7. The number of anilines is 6. The van der Waals surface area contributed by atoms with Gasteiger partial charge in [0.25, 0.3) is 0 Å². The van der Waals surface area contributed by atoms with E-state index < -0.39 is 0 Å². The summed E-state index contributed by atoms with van der Waals surface area (Å²) in [5, 5.41) is 8.39. The van der Waals surface area contributed by atoms with Crippen molar-refractivity contribution < 1.29 is 13.3 Å². The van der Waals surface area contributed by atoms with Crippen LogP contribution in [0.4, 0.5) is 34.1 Å². The van der Waals surface area contributed by atoms with Crippen molar-refractivity contribution in [2.24, 2.45) is 0 Å². The van der Waals surface area contributed by atoms with Crippen LogP contribution < -0.4 is 9.80 Å². The Morgan fingerprint density at radius 2 is 0.617 bits per heavy atom. The minimum Gasteiger partial charge on any atom is -0.456 e. The van der Waals surface area contributed by atoms with Gasteiger partial charge in [-0.2, -0.15) is 0 Å². The zero-order chi connectivity index (χ0) is 53.4. The largest absolute Gasteiger partial charge is 0.456 e. The Morgan fingerprint density at radius 3 is 1.16 bits per heavy atom. The van der Waals surface area contributed by atoms with Crippen LogP contribution in [0.2, 0.25) is 0 Å². The number of nitrogens with zero attached hydrogens (tertiary/aromatic N) is 2. The van der Waals surface area contributed by atoms with Crippen molar-refractivity contribution in [1.29, 1.82) is 0 Å². The number of hydrogen-bond donors (Lipinski definition) is 0. The zero-order valence-electron chi connectivity index (χ0n) is 43.8. The molecule has 0 unspecified atom stereocenters. The van der Waals surface area contributed by atoms with E-state index in [1.165, 1.54) is 0 Å². The molecule has 5 heteroatoms. The van der Waals surface area contributed by atoms with E-state index >= 15 is 0 Å². The number of furan rings is 3. The van der Waals surface area contributed by atoms with Crippen molar-refractivity contribution in [2.45, 2.75) is 0 Å². The highest BCUT2D eigenvalue weighted by atomic mass is 16.3. The molecule has 5 nitrogen and oxygen atoms in total. The first kappa shape index (κ1) is 46.2. The minimum absolute atomic E-state index is 0.772. The molecule has 0 aliphatic rings. The monoisotopic (exact) mass is 1040 g/mol. The van der Waals surface area contributed by atoms with Gasteiger partial charge in [-0.05, 0) is 93.4 Å². The average Bonchev–Trinajstić information content (AvgIpc) is 4.39. The summed E-state index contributed by atoms with van der Waals surface area (Å²) in [7, 11) is 0. The number of para-hydroxylation sites is 4. The van der Waals surface area contributed by atoms with Crippen LogP contribution in [0.3, 0.4) is 0 Å². The SMILES string of the molecule is c1ccc(-c2cccc(N(c3ccc4oc5cc(N(c6cccc(-c7ccccc7)c6)c6cccc7c6oc6c(-c8ccccc8)cccc67)c6ccccc6c5c4c3)c3cccc4c3oc3c(-c5ccccc5)cccc34)c2)cc1. The summed E-state index contributed by atoms with van der Waals surface area (Å²) in [6, 6.07) is 103. The van der Waals surface area contributed by atoms with E-state index in [1.807, 2.05) is 0 Å². The summed E-state index contributed by atoms with van der Waals surface area (Å²) >= 11 is 0. The minimum atomic E-state index is 0.772. The van der Waals surface area contributed by atoms with Crippen LogP contribution in [0.1, 0.15) is 0 Å². The van der Waals surface area contributed by atoms with Gasteiger partial charge < -0.3 is 23.1 Å². The number of fused-ring (bicyclic) bond motifs is 11. The maximum absolute atomic E-state index is 7.19. The van der Waals surface area contributed by atoms with Crippen molar-refractivity contribution in [1.82, 2.24) is 0 Å². The van der Waals surface area contributed by atoms with Crippen LogP contribution in [0, 0.1) is 0 Å². The third-order valence-electron chi connectivity index (χ3n) is 16.0. The summed E-state index contributed by atoms with van der Waals surface area (Å²) < 4.78 is 21.5. The first-order valence-corrected chi connectivity index (χ1v) is 27.5. The van der Waals surface area contributed by atoms with E-state index in [4.69, 9.17) is 13.3 Å². The molecule has 0 bridgehead atoms. The molecular formula is C76H48N2O3. The summed E-state index contributed by atoms with van der Waals surface area (Å²) in [4.78, 5) is 4.70. The molecule has 0 fully saturated rings. The molecule has 16 rings (SSSR count). The molecule has 0 saturated carbocycles. The van der Waals surface area contributed by atoms with E-state index in [0.717, 1.165) is 155 Å². The molecule has 380 valence electrons. The van der Waals surface area contributed by atoms with E-state index in [1.54, 1.807) is 0 Å². The van der Waals surface area contributed by atoms with Gasteiger partial charge in [-0.3, -0.25) is 0 Å². The first-order valence-electron chi connectivity index (χ1n) is 27.5. The summed E-state index contributed by atoms with van der Waals surface area (Å²) in [6.07, 6.45) is 0. The molecule has 3 heterocycles. The van der Waals surface area contributed by atoms with Gasteiger partial charge in [0.15, 0.2) is 11.2 Å². The van der Waals surface area contributed by atoms with Gasteiger partial charge >= 0.3 is 0 Å². The lowest BCUT2D eigenvalue weighted by Crippen LogP contribution is -2.11. The predicted molar refractivity (Wildman–Crippen MR) is 337 cm³/mol. The van der Waals surface area contributed by atoms with Crippen molar-refractivity contribution in [3.05, 3.63) is 291 Å². The van der Waals surface area contributed by atoms with Crippen LogP contribution >= 0.6 is 0 Å². The van der Waals surface area contributed by atoms with Crippen LogP contribution in [-0.4, -0.2) is 0 Å². The van der Waals surface area contributed by atoms with Crippen molar-refractivity contribution in [2.75, 3.05) is 9.80 Å². The third-order valence-corrected chi connectivity index (χ3v) is 16.0. The van der Waals surface area contributed by atoms with Gasteiger partial charge in [0.05, 0.1) is 17.1 Å². The lowest BCUT2D eigenvalue weighted by molar-refractivity contribution is 0.668. The van der Waals surface area contributed by atoms with Crippen LogP contribution in [-0.2, 0) is 0 Å². The van der Waals surface area contributed by atoms with E-state index in [2.05, 4.69) is 301 Å². The molecule has 13 aromatic carbocycles. The predicted octanol–water partition coefficient (Wildman–Crippen LogP) is 22.1. The highest BCUT2D eigenvalue weighted by Crippen LogP contribution is 2.51. The second-order valence-electron chi connectivity index (χ2n) is 20.7. The van der Waals surface area contributed by atoms with Crippen molar-refractivity contribution >= 4 is 111 Å². The summed E-state index contributed by atoms with van der Waals surface area (Å²) in [6.45, 7) is 0. The molecule has 0 spiro atoms. The molecule has 0 atom stereocenters. The zero-order valence-corrected chi connectivity index (χ0v) is 43.8. The lowest BCUT2D eigenvalue weighted by atomic mass is 9.99. The smallest absolute Gasteiger partial charge is 0.159 e. The molecule has 0 aliphatic heterocycles. The van der Waals surface area contributed by atoms with Crippen LogP contribution in [0.5, 0.6) is 0 Å². The second-order valence-corrected chi connectivity index (χ2v) is 20.7. The van der Waals surface area contributed by atoms with Crippen LogP contribution in [0.25, 0.3) is 121 Å². The fraction of sp³-hybridized carbons (Fsp3) is 0.